The zero-order valence-electron chi connectivity index (χ0n) is 16.1. The van der Waals surface area contributed by atoms with E-state index < -0.39 is 0 Å². The van der Waals surface area contributed by atoms with Crippen molar-refractivity contribution >= 4 is 5.69 Å². The van der Waals surface area contributed by atoms with Gasteiger partial charge in [0.15, 0.2) is 0 Å². The van der Waals surface area contributed by atoms with Crippen molar-refractivity contribution in [1.82, 2.24) is 10.2 Å². The van der Waals surface area contributed by atoms with Crippen molar-refractivity contribution in [3.05, 3.63) is 66.2 Å². The molecule has 2 aliphatic heterocycles. The molecule has 2 saturated heterocycles. The maximum absolute atomic E-state index is 3.82. The van der Waals surface area contributed by atoms with Gasteiger partial charge in [0.05, 0.1) is 0 Å². The van der Waals surface area contributed by atoms with Crippen LogP contribution >= 0.6 is 0 Å². The van der Waals surface area contributed by atoms with Gasteiger partial charge in [-0.3, -0.25) is 4.90 Å². The van der Waals surface area contributed by atoms with E-state index in [0.717, 1.165) is 23.9 Å². The predicted molar refractivity (Wildman–Crippen MR) is 112 cm³/mol. The van der Waals surface area contributed by atoms with Crippen molar-refractivity contribution in [1.29, 1.82) is 0 Å². The molecule has 3 heteroatoms. The summed E-state index contributed by atoms with van der Waals surface area (Å²) in [5, 5.41) is 3.82. The number of hydrogen-bond donors (Lipinski definition) is 1. The Kier molecular flexibility index (Phi) is 4.89. The fourth-order valence-corrected chi connectivity index (χ4v) is 4.97. The van der Waals surface area contributed by atoms with E-state index in [4.69, 9.17) is 0 Å². The number of para-hydroxylation sites is 1. The lowest BCUT2D eigenvalue weighted by molar-refractivity contribution is 0.0412. The van der Waals surface area contributed by atoms with Gasteiger partial charge >= 0.3 is 0 Å². The third-order valence-electron chi connectivity index (χ3n) is 6.77. The minimum atomic E-state index is 0.718. The minimum Gasteiger partial charge on any atom is -0.371 e. The van der Waals surface area contributed by atoms with Crippen molar-refractivity contribution in [2.24, 2.45) is 5.92 Å². The van der Waals surface area contributed by atoms with Crippen LogP contribution in [0.25, 0.3) is 0 Å². The number of piperidine rings is 1. The van der Waals surface area contributed by atoms with Crippen LogP contribution in [0.2, 0.25) is 0 Å². The highest BCUT2D eigenvalue weighted by Gasteiger charge is 2.40. The van der Waals surface area contributed by atoms with Gasteiger partial charge in [-0.1, -0.05) is 48.5 Å². The topological polar surface area (TPSA) is 18.5 Å². The Morgan fingerprint density at radius 1 is 0.852 bits per heavy atom. The highest BCUT2D eigenvalue weighted by Crippen LogP contribution is 2.40. The molecule has 0 spiro atoms. The van der Waals surface area contributed by atoms with Crippen LogP contribution in [-0.4, -0.2) is 49.7 Å². The molecule has 1 aliphatic carbocycles. The molecule has 1 N–H and O–H groups in total. The molecular formula is C24H31N3. The fourth-order valence-electron chi connectivity index (χ4n) is 4.97. The van der Waals surface area contributed by atoms with Crippen LogP contribution in [0, 0.1) is 5.92 Å². The van der Waals surface area contributed by atoms with Crippen LogP contribution in [-0.2, 0) is 0 Å². The first-order valence-corrected chi connectivity index (χ1v) is 10.7. The molecule has 2 aromatic rings. The van der Waals surface area contributed by atoms with Crippen molar-refractivity contribution in [3.63, 3.8) is 0 Å². The van der Waals surface area contributed by atoms with Crippen molar-refractivity contribution in [2.75, 3.05) is 37.6 Å². The van der Waals surface area contributed by atoms with Gasteiger partial charge in [-0.25, -0.2) is 0 Å². The maximum atomic E-state index is 3.82. The molecule has 0 radical (unpaired) electrons. The number of rotatable bonds is 6. The Labute approximate surface area is 163 Å². The third kappa shape index (κ3) is 3.90. The van der Waals surface area contributed by atoms with Crippen LogP contribution in [0.5, 0.6) is 0 Å². The molecule has 0 unspecified atom stereocenters. The summed E-state index contributed by atoms with van der Waals surface area (Å²) >= 11 is 0. The summed E-state index contributed by atoms with van der Waals surface area (Å²) < 4.78 is 0. The van der Waals surface area contributed by atoms with Gasteiger partial charge < -0.3 is 10.2 Å². The number of nitrogens with one attached hydrogen (secondary N) is 1. The summed E-state index contributed by atoms with van der Waals surface area (Å²) in [5.74, 6) is 1.61. The van der Waals surface area contributed by atoms with E-state index in [1.165, 1.54) is 63.2 Å². The second kappa shape index (κ2) is 7.65. The van der Waals surface area contributed by atoms with E-state index >= 15 is 0 Å². The molecule has 27 heavy (non-hydrogen) atoms. The van der Waals surface area contributed by atoms with Crippen LogP contribution in [0.15, 0.2) is 60.7 Å². The molecule has 3 fully saturated rings. The third-order valence-corrected chi connectivity index (χ3v) is 6.77. The molecule has 3 nitrogen and oxygen atoms in total. The van der Waals surface area contributed by atoms with Gasteiger partial charge in [-0.2, -0.15) is 0 Å². The van der Waals surface area contributed by atoms with Gasteiger partial charge in [-0.05, 0) is 42.9 Å². The fraction of sp³-hybridized carbons (Fsp3) is 0.500. The van der Waals surface area contributed by atoms with Gasteiger partial charge in [0.25, 0.3) is 0 Å². The quantitative estimate of drug-likeness (QED) is 0.846. The Bertz CT molecular complexity index is 718. The lowest BCUT2D eigenvalue weighted by atomic mass is 9.93. The summed E-state index contributed by atoms with van der Waals surface area (Å²) in [6.07, 6.45) is 3.94. The molecule has 2 heterocycles. The zero-order valence-corrected chi connectivity index (χ0v) is 16.1. The summed E-state index contributed by atoms with van der Waals surface area (Å²) in [6, 6.07) is 23.4. The highest BCUT2D eigenvalue weighted by molar-refractivity contribution is 5.46. The Hall–Kier alpha value is -1.84. The molecule has 2 aromatic carbocycles. The second-order valence-electron chi connectivity index (χ2n) is 8.64. The SMILES string of the molecule is c1ccc([C@@H]2C[C@H]2NCC2CN(C3CCN(c4ccccc4)CC3)C2)cc1. The van der Waals surface area contributed by atoms with Gasteiger partial charge in [0.1, 0.15) is 0 Å². The summed E-state index contributed by atoms with van der Waals surface area (Å²) in [7, 11) is 0. The molecule has 142 valence electrons. The number of hydrogen-bond acceptors (Lipinski definition) is 3. The first-order valence-electron chi connectivity index (χ1n) is 10.7. The Morgan fingerprint density at radius 3 is 2.22 bits per heavy atom. The van der Waals surface area contributed by atoms with Crippen LogP contribution in [0.3, 0.4) is 0 Å². The van der Waals surface area contributed by atoms with E-state index in [1.807, 2.05) is 0 Å². The van der Waals surface area contributed by atoms with Crippen molar-refractivity contribution in [2.45, 2.75) is 37.3 Å². The lowest BCUT2D eigenvalue weighted by Crippen LogP contribution is -2.57. The number of benzene rings is 2. The van der Waals surface area contributed by atoms with E-state index in [2.05, 4.69) is 75.8 Å². The van der Waals surface area contributed by atoms with Gasteiger partial charge in [-0.15, -0.1) is 0 Å². The standard InChI is InChI=1S/C24H31N3/c1-3-7-20(8-4-1)23-15-24(23)25-16-19-17-27(18-19)22-11-13-26(14-12-22)21-9-5-2-6-10-21/h1-10,19,22-25H,11-18H2/t23-,24+/m0/s1. The number of likely N-dealkylation sites (tertiary alicyclic amines) is 1. The molecule has 2 atom stereocenters. The van der Waals surface area contributed by atoms with Crippen molar-refractivity contribution < 1.29 is 0 Å². The monoisotopic (exact) mass is 361 g/mol. The first kappa shape index (κ1) is 17.3. The molecule has 3 aliphatic rings. The zero-order chi connectivity index (χ0) is 18.1. The van der Waals surface area contributed by atoms with Crippen LogP contribution < -0.4 is 10.2 Å². The highest BCUT2D eigenvalue weighted by atomic mass is 15.2. The van der Waals surface area contributed by atoms with E-state index in [0.29, 0.717) is 0 Å². The predicted octanol–water partition coefficient (Wildman–Crippen LogP) is 3.73. The molecule has 5 rings (SSSR count). The molecule has 0 amide bonds. The number of anilines is 1. The summed E-state index contributed by atoms with van der Waals surface area (Å²) in [6.45, 7) is 6.20. The van der Waals surface area contributed by atoms with Gasteiger partial charge in [0, 0.05) is 56.4 Å². The largest absolute Gasteiger partial charge is 0.371 e. The van der Waals surface area contributed by atoms with E-state index in [-0.39, 0.29) is 0 Å². The van der Waals surface area contributed by atoms with E-state index in [1.54, 1.807) is 0 Å². The summed E-state index contributed by atoms with van der Waals surface area (Å²) in [4.78, 5) is 5.28. The van der Waals surface area contributed by atoms with Crippen LogP contribution in [0.1, 0.15) is 30.7 Å². The minimum absolute atomic E-state index is 0.718. The number of nitrogens with zero attached hydrogens (tertiary/aromatic N) is 2. The Morgan fingerprint density at radius 2 is 1.52 bits per heavy atom. The normalized spacial score (nSPS) is 26.7. The lowest BCUT2D eigenvalue weighted by Gasteiger charge is -2.47. The average Bonchev–Trinajstić information content (AvgIpc) is 3.48. The van der Waals surface area contributed by atoms with Crippen molar-refractivity contribution in [3.8, 4) is 0 Å². The average molecular weight is 362 g/mol. The molecule has 0 aromatic heterocycles. The van der Waals surface area contributed by atoms with Crippen LogP contribution in [0.4, 0.5) is 5.69 Å². The first-order chi connectivity index (χ1) is 13.4. The summed E-state index contributed by atoms with van der Waals surface area (Å²) in [5.41, 5.74) is 2.90. The molecule has 0 bridgehead atoms. The van der Waals surface area contributed by atoms with Gasteiger partial charge in [0.2, 0.25) is 0 Å². The van der Waals surface area contributed by atoms with E-state index in [9.17, 15) is 0 Å². The Balaban J connectivity index is 1.01. The smallest absolute Gasteiger partial charge is 0.0366 e. The second-order valence-corrected chi connectivity index (χ2v) is 8.64. The maximum Gasteiger partial charge on any atom is 0.0366 e. The molecule has 1 saturated carbocycles. The molecular weight excluding hydrogens is 330 g/mol.